The summed E-state index contributed by atoms with van der Waals surface area (Å²) in [5.74, 6) is 0. The fourth-order valence-electron chi connectivity index (χ4n) is 1.14. The molecule has 1 aliphatic rings. The van der Waals surface area contributed by atoms with Crippen molar-refractivity contribution in [2.24, 2.45) is 0 Å². The van der Waals surface area contributed by atoms with Gasteiger partial charge in [0.1, 0.15) is 0 Å². The van der Waals surface area contributed by atoms with Crippen LogP contribution in [0, 0.1) is 0 Å². The Kier molecular flexibility index (Phi) is 4.50. The molecule has 0 amide bonds. The normalized spacial score (nSPS) is 35.3. The molecule has 0 aliphatic heterocycles. The van der Waals surface area contributed by atoms with Gasteiger partial charge < -0.3 is 10.2 Å². The van der Waals surface area contributed by atoms with Crippen LogP contribution in [0.1, 0.15) is 25.7 Å². The Morgan fingerprint density at radius 3 is 1.67 bits per heavy atom. The molecule has 0 bridgehead atoms. The van der Waals surface area contributed by atoms with Crippen LogP contribution >= 0.6 is 0 Å². The molecule has 1 radical (unpaired) electrons. The number of hydrogen-bond acceptors (Lipinski definition) is 2. The van der Waals surface area contributed by atoms with Crippen LogP contribution in [0.4, 0.5) is 0 Å². The van der Waals surface area contributed by atoms with Gasteiger partial charge in [-0.25, -0.2) is 0 Å². The number of hydrogen-bond donors (Lipinski definition) is 2. The fourth-order valence-corrected chi connectivity index (χ4v) is 1.14. The SMILES string of the molecule is O[C@@H]1CCC[C@H](O)C1.[Cu]. The molecule has 0 unspecified atom stereocenters. The van der Waals surface area contributed by atoms with Crippen molar-refractivity contribution in [1.82, 2.24) is 0 Å². The second kappa shape index (κ2) is 4.29. The summed E-state index contributed by atoms with van der Waals surface area (Å²) in [5.41, 5.74) is 0. The molecule has 0 heterocycles. The van der Waals surface area contributed by atoms with E-state index in [1.165, 1.54) is 0 Å². The molecular weight excluding hydrogens is 168 g/mol. The number of aliphatic hydroxyl groups is 2. The van der Waals surface area contributed by atoms with Crippen molar-refractivity contribution in [2.75, 3.05) is 0 Å². The number of rotatable bonds is 0. The van der Waals surface area contributed by atoms with Crippen LogP contribution in [0.3, 0.4) is 0 Å². The molecule has 1 rings (SSSR count). The van der Waals surface area contributed by atoms with E-state index in [1.54, 1.807) is 0 Å². The summed E-state index contributed by atoms with van der Waals surface area (Å²) < 4.78 is 0. The zero-order valence-electron chi connectivity index (χ0n) is 5.18. The van der Waals surface area contributed by atoms with Gasteiger partial charge in [0.15, 0.2) is 0 Å². The minimum Gasteiger partial charge on any atom is -0.393 e. The topological polar surface area (TPSA) is 40.5 Å². The smallest absolute Gasteiger partial charge is 0.0564 e. The van der Waals surface area contributed by atoms with Gasteiger partial charge in [0.2, 0.25) is 0 Å². The molecule has 1 aliphatic carbocycles. The predicted molar refractivity (Wildman–Crippen MR) is 30.5 cm³/mol. The molecule has 0 aromatic carbocycles. The molecule has 2 atom stereocenters. The van der Waals surface area contributed by atoms with E-state index in [0.29, 0.717) is 6.42 Å². The fraction of sp³-hybridized carbons (Fsp3) is 1.00. The Bertz CT molecular complexity index is 69.5. The molecule has 0 aromatic rings. The first kappa shape index (κ1) is 9.44. The molecule has 0 aromatic heterocycles. The minimum atomic E-state index is -0.237. The van der Waals surface area contributed by atoms with E-state index in [2.05, 4.69) is 0 Å². The maximum absolute atomic E-state index is 8.92. The zero-order valence-corrected chi connectivity index (χ0v) is 6.12. The maximum Gasteiger partial charge on any atom is 0.0564 e. The average molecular weight is 180 g/mol. The summed E-state index contributed by atoms with van der Waals surface area (Å²) in [6, 6.07) is 0. The van der Waals surface area contributed by atoms with Crippen LogP contribution in [0.15, 0.2) is 0 Å². The largest absolute Gasteiger partial charge is 0.393 e. The van der Waals surface area contributed by atoms with Gasteiger partial charge in [0.25, 0.3) is 0 Å². The van der Waals surface area contributed by atoms with Gasteiger partial charge in [-0.2, -0.15) is 0 Å². The van der Waals surface area contributed by atoms with Crippen molar-refractivity contribution >= 4 is 0 Å². The standard InChI is InChI=1S/C6H12O2.Cu/c7-5-2-1-3-6(8)4-5;/h5-8H,1-4H2;/t5-,6+;. The van der Waals surface area contributed by atoms with Crippen molar-refractivity contribution in [3.8, 4) is 0 Å². The van der Waals surface area contributed by atoms with Gasteiger partial charge in [-0.15, -0.1) is 0 Å². The molecule has 59 valence electrons. The van der Waals surface area contributed by atoms with Crippen LogP contribution in [0.5, 0.6) is 0 Å². The van der Waals surface area contributed by atoms with Crippen LogP contribution in [0.25, 0.3) is 0 Å². The molecule has 1 saturated carbocycles. The summed E-state index contributed by atoms with van der Waals surface area (Å²) in [6.07, 6.45) is 2.83. The van der Waals surface area contributed by atoms with Crippen LogP contribution in [-0.4, -0.2) is 22.4 Å². The van der Waals surface area contributed by atoms with Gasteiger partial charge in [0.05, 0.1) is 12.2 Å². The molecule has 0 spiro atoms. The summed E-state index contributed by atoms with van der Waals surface area (Å²) >= 11 is 0. The first-order valence-electron chi connectivity index (χ1n) is 3.15. The third-order valence-corrected chi connectivity index (χ3v) is 1.62. The first-order chi connectivity index (χ1) is 3.79. The maximum atomic E-state index is 8.92. The zero-order chi connectivity index (χ0) is 5.98. The van der Waals surface area contributed by atoms with Crippen LogP contribution in [0.2, 0.25) is 0 Å². The molecule has 2 nitrogen and oxygen atoms in total. The second-order valence-electron chi connectivity index (χ2n) is 2.47. The first-order valence-corrected chi connectivity index (χ1v) is 3.15. The summed E-state index contributed by atoms with van der Waals surface area (Å²) in [4.78, 5) is 0. The molecule has 3 heteroatoms. The van der Waals surface area contributed by atoms with Crippen molar-refractivity contribution in [2.45, 2.75) is 37.9 Å². The Balaban J connectivity index is 0.000000640. The molecule has 2 N–H and O–H groups in total. The summed E-state index contributed by atoms with van der Waals surface area (Å²) in [5, 5.41) is 17.8. The van der Waals surface area contributed by atoms with E-state index < -0.39 is 0 Å². The van der Waals surface area contributed by atoms with E-state index in [4.69, 9.17) is 10.2 Å². The van der Waals surface area contributed by atoms with E-state index in [-0.39, 0.29) is 29.3 Å². The average Bonchev–Trinajstić information content (AvgIpc) is 1.64. The summed E-state index contributed by atoms with van der Waals surface area (Å²) in [7, 11) is 0. The Labute approximate surface area is 65.7 Å². The molecular formula is C6H12CuO2. The summed E-state index contributed by atoms with van der Waals surface area (Å²) in [6.45, 7) is 0. The quantitative estimate of drug-likeness (QED) is 0.525. The third-order valence-electron chi connectivity index (χ3n) is 1.62. The van der Waals surface area contributed by atoms with E-state index in [1.807, 2.05) is 0 Å². The van der Waals surface area contributed by atoms with Gasteiger partial charge in [-0.05, 0) is 25.7 Å². The van der Waals surface area contributed by atoms with E-state index in [0.717, 1.165) is 19.3 Å². The molecule has 9 heavy (non-hydrogen) atoms. The Morgan fingerprint density at radius 2 is 1.44 bits per heavy atom. The van der Waals surface area contributed by atoms with Crippen LogP contribution < -0.4 is 0 Å². The van der Waals surface area contributed by atoms with Crippen molar-refractivity contribution in [3.05, 3.63) is 0 Å². The van der Waals surface area contributed by atoms with E-state index in [9.17, 15) is 0 Å². The van der Waals surface area contributed by atoms with Gasteiger partial charge in [-0.1, -0.05) is 0 Å². The second-order valence-corrected chi connectivity index (χ2v) is 2.47. The molecule has 1 fully saturated rings. The van der Waals surface area contributed by atoms with Crippen molar-refractivity contribution < 1.29 is 27.3 Å². The van der Waals surface area contributed by atoms with Gasteiger partial charge >= 0.3 is 0 Å². The van der Waals surface area contributed by atoms with E-state index >= 15 is 0 Å². The van der Waals surface area contributed by atoms with Gasteiger partial charge in [0, 0.05) is 17.1 Å². The predicted octanol–water partition coefficient (Wildman–Crippen LogP) is 0.280. The van der Waals surface area contributed by atoms with Gasteiger partial charge in [-0.3, -0.25) is 0 Å². The molecule has 0 saturated heterocycles. The van der Waals surface area contributed by atoms with Crippen molar-refractivity contribution in [3.63, 3.8) is 0 Å². The van der Waals surface area contributed by atoms with Crippen LogP contribution in [-0.2, 0) is 17.1 Å². The Hall–Kier alpha value is 0.439. The Morgan fingerprint density at radius 1 is 1.00 bits per heavy atom. The third kappa shape index (κ3) is 3.21. The van der Waals surface area contributed by atoms with Crippen molar-refractivity contribution in [1.29, 1.82) is 0 Å². The monoisotopic (exact) mass is 179 g/mol. The minimum absolute atomic E-state index is 0. The number of aliphatic hydroxyl groups excluding tert-OH is 2.